The summed E-state index contributed by atoms with van der Waals surface area (Å²) in [4.78, 5) is 22.9. The first kappa shape index (κ1) is 18.7. The second-order valence-corrected chi connectivity index (χ2v) is 6.25. The average Bonchev–Trinajstić information content (AvgIpc) is 2.59. The SMILES string of the molecule is C=CC[C@H](CNC(=O)[C@@H](N)CC(N)=O)Cc1cccc2ccccc12. The Bertz CT molecular complexity index is 752. The molecule has 132 valence electrons. The van der Waals surface area contributed by atoms with Gasteiger partial charge in [-0.2, -0.15) is 0 Å². The third kappa shape index (κ3) is 5.43. The summed E-state index contributed by atoms with van der Waals surface area (Å²) < 4.78 is 0. The van der Waals surface area contributed by atoms with Crippen LogP contribution in [0.1, 0.15) is 18.4 Å². The Kier molecular flexibility index (Phi) is 6.71. The van der Waals surface area contributed by atoms with Gasteiger partial charge in [-0.15, -0.1) is 6.58 Å². The van der Waals surface area contributed by atoms with Crippen molar-refractivity contribution in [3.05, 3.63) is 60.7 Å². The zero-order valence-electron chi connectivity index (χ0n) is 14.3. The fraction of sp³-hybridized carbons (Fsp3) is 0.300. The van der Waals surface area contributed by atoms with E-state index in [1.165, 1.54) is 16.3 Å². The van der Waals surface area contributed by atoms with E-state index in [0.717, 1.165) is 12.8 Å². The number of amides is 2. The maximum absolute atomic E-state index is 12.0. The maximum Gasteiger partial charge on any atom is 0.237 e. The Morgan fingerprint density at radius 3 is 2.60 bits per heavy atom. The predicted octanol–water partition coefficient (Wildman–Crippen LogP) is 1.89. The highest BCUT2D eigenvalue weighted by Crippen LogP contribution is 2.22. The number of primary amides is 1. The third-order valence-electron chi connectivity index (χ3n) is 4.21. The molecule has 0 aliphatic heterocycles. The number of nitrogens with two attached hydrogens (primary N) is 2. The lowest BCUT2D eigenvalue weighted by Crippen LogP contribution is -2.44. The van der Waals surface area contributed by atoms with Crippen molar-refractivity contribution in [1.82, 2.24) is 5.32 Å². The van der Waals surface area contributed by atoms with E-state index < -0.39 is 11.9 Å². The topological polar surface area (TPSA) is 98.2 Å². The molecule has 0 radical (unpaired) electrons. The molecule has 2 aromatic carbocycles. The first-order chi connectivity index (χ1) is 12.0. The molecule has 2 aromatic rings. The molecule has 0 fully saturated rings. The van der Waals surface area contributed by atoms with Gasteiger partial charge in [0.15, 0.2) is 0 Å². The highest BCUT2D eigenvalue weighted by atomic mass is 16.2. The van der Waals surface area contributed by atoms with E-state index in [0.29, 0.717) is 6.54 Å². The van der Waals surface area contributed by atoms with Crippen LogP contribution in [-0.2, 0) is 16.0 Å². The Morgan fingerprint density at radius 1 is 1.16 bits per heavy atom. The van der Waals surface area contributed by atoms with Crippen molar-refractivity contribution < 1.29 is 9.59 Å². The van der Waals surface area contributed by atoms with Crippen LogP contribution in [0.4, 0.5) is 0 Å². The van der Waals surface area contributed by atoms with Crippen molar-refractivity contribution in [3.63, 3.8) is 0 Å². The fourth-order valence-corrected chi connectivity index (χ4v) is 2.94. The number of nitrogens with one attached hydrogen (secondary N) is 1. The molecule has 0 saturated carbocycles. The van der Waals surface area contributed by atoms with Crippen molar-refractivity contribution in [2.24, 2.45) is 17.4 Å². The molecule has 2 rings (SSSR count). The second-order valence-electron chi connectivity index (χ2n) is 6.25. The number of rotatable bonds is 9. The lowest BCUT2D eigenvalue weighted by atomic mass is 9.92. The van der Waals surface area contributed by atoms with Crippen LogP contribution in [0.3, 0.4) is 0 Å². The second kappa shape index (κ2) is 8.99. The smallest absolute Gasteiger partial charge is 0.237 e. The van der Waals surface area contributed by atoms with Crippen molar-refractivity contribution in [2.75, 3.05) is 6.54 Å². The highest BCUT2D eigenvalue weighted by molar-refractivity contribution is 5.87. The van der Waals surface area contributed by atoms with Gasteiger partial charge in [0.1, 0.15) is 0 Å². The van der Waals surface area contributed by atoms with Gasteiger partial charge in [0.25, 0.3) is 0 Å². The summed E-state index contributed by atoms with van der Waals surface area (Å²) in [5.74, 6) is -0.736. The third-order valence-corrected chi connectivity index (χ3v) is 4.21. The lowest BCUT2D eigenvalue weighted by molar-refractivity contribution is -0.126. The molecular weight excluding hydrogens is 314 g/mol. The normalized spacial score (nSPS) is 13.2. The van der Waals surface area contributed by atoms with Gasteiger partial charge >= 0.3 is 0 Å². The zero-order valence-corrected chi connectivity index (χ0v) is 14.3. The van der Waals surface area contributed by atoms with Gasteiger partial charge in [0.2, 0.25) is 11.8 Å². The molecule has 0 aromatic heterocycles. The molecule has 5 heteroatoms. The van der Waals surface area contributed by atoms with Crippen molar-refractivity contribution in [2.45, 2.75) is 25.3 Å². The minimum Gasteiger partial charge on any atom is -0.370 e. The Hall–Kier alpha value is -2.66. The summed E-state index contributed by atoms with van der Waals surface area (Å²) in [5, 5.41) is 5.24. The molecule has 0 saturated heterocycles. The molecule has 25 heavy (non-hydrogen) atoms. The van der Waals surface area contributed by atoms with E-state index in [-0.39, 0.29) is 18.2 Å². The fourth-order valence-electron chi connectivity index (χ4n) is 2.94. The van der Waals surface area contributed by atoms with E-state index in [9.17, 15) is 9.59 Å². The predicted molar refractivity (Wildman–Crippen MR) is 101 cm³/mol. The monoisotopic (exact) mass is 339 g/mol. The molecule has 5 nitrogen and oxygen atoms in total. The van der Waals surface area contributed by atoms with Gasteiger partial charge in [-0.3, -0.25) is 9.59 Å². The van der Waals surface area contributed by atoms with Crippen LogP contribution in [0.5, 0.6) is 0 Å². The molecule has 5 N–H and O–H groups in total. The molecule has 0 heterocycles. The van der Waals surface area contributed by atoms with Crippen molar-refractivity contribution in [1.29, 1.82) is 0 Å². The van der Waals surface area contributed by atoms with Gasteiger partial charge in [-0.25, -0.2) is 0 Å². The number of benzene rings is 2. The number of fused-ring (bicyclic) bond motifs is 1. The quantitative estimate of drug-likeness (QED) is 0.608. The zero-order chi connectivity index (χ0) is 18.2. The number of carbonyl (C=O) groups is 2. The Morgan fingerprint density at radius 2 is 1.88 bits per heavy atom. The summed E-state index contributed by atoms with van der Waals surface area (Å²) in [5.41, 5.74) is 12.0. The van der Waals surface area contributed by atoms with Gasteiger partial charge in [0, 0.05) is 6.54 Å². The molecule has 0 aliphatic rings. The Balaban J connectivity index is 2.04. The van der Waals surface area contributed by atoms with Crippen LogP contribution < -0.4 is 16.8 Å². The number of carbonyl (C=O) groups excluding carboxylic acids is 2. The summed E-state index contributed by atoms with van der Waals surface area (Å²) in [6, 6.07) is 13.6. The van der Waals surface area contributed by atoms with Gasteiger partial charge in [-0.1, -0.05) is 48.5 Å². The van der Waals surface area contributed by atoms with Crippen LogP contribution in [0.15, 0.2) is 55.1 Å². The maximum atomic E-state index is 12.0. The van der Waals surface area contributed by atoms with Crippen LogP contribution in [0.25, 0.3) is 10.8 Å². The van der Waals surface area contributed by atoms with Crippen LogP contribution >= 0.6 is 0 Å². The molecule has 2 amide bonds. The lowest BCUT2D eigenvalue weighted by Gasteiger charge is -2.19. The van der Waals surface area contributed by atoms with E-state index in [1.54, 1.807) is 0 Å². The van der Waals surface area contributed by atoms with Gasteiger partial charge < -0.3 is 16.8 Å². The standard InChI is InChI=1S/C20H25N3O2/c1-2-6-14(13-23-20(25)18(21)12-19(22)24)11-16-9-5-8-15-7-3-4-10-17(15)16/h2-5,7-10,14,18H,1,6,11-13,21H2,(H2,22,24)(H,23,25)/t14-,18-/m0/s1. The summed E-state index contributed by atoms with van der Waals surface area (Å²) >= 11 is 0. The highest BCUT2D eigenvalue weighted by Gasteiger charge is 2.18. The number of hydrogen-bond acceptors (Lipinski definition) is 3. The minimum atomic E-state index is -0.903. The van der Waals surface area contributed by atoms with Crippen LogP contribution in [0.2, 0.25) is 0 Å². The summed E-state index contributed by atoms with van der Waals surface area (Å²) in [7, 11) is 0. The Labute approximate surface area is 148 Å². The van der Waals surface area contributed by atoms with E-state index in [2.05, 4.69) is 36.2 Å². The molecule has 0 spiro atoms. The first-order valence-corrected chi connectivity index (χ1v) is 8.40. The van der Waals surface area contributed by atoms with Gasteiger partial charge in [0.05, 0.1) is 12.5 Å². The van der Waals surface area contributed by atoms with E-state index in [1.807, 2.05) is 24.3 Å². The molecule has 0 aliphatic carbocycles. The largest absolute Gasteiger partial charge is 0.370 e. The number of hydrogen-bond donors (Lipinski definition) is 3. The molecule has 0 unspecified atom stereocenters. The molecular formula is C20H25N3O2. The van der Waals surface area contributed by atoms with Gasteiger partial charge in [-0.05, 0) is 35.1 Å². The molecule has 0 bridgehead atoms. The molecule has 2 atom stereocenters. The minimum absolute atomic E-state index is 0.152. The van der Waals surface area contributed by atoms with Crippen LogP contribution in [0, 0.1) is 5.92 Å². The van der Waals surface area contributed by atoms with Crippen molar-refractivity contribution in [3.8, 4) is 0 Å². The van der Waals surface area contributed by atoms with Crippen molar-refractivity contribution >= 4 is 22.6 Å². The average molecular weight is 339 g/mol. The van der Waals surface area contributed by atoms with Crippen LogP contribution in [-0.4, -0.2) is 24.4 Å². The summed E-state index contributed by atoms with van der Waals surface area (Å²) in [6.45, 7) is 4.28. The van der Waals surface area contributed by atoms with E-state index >= 15 is 0 Å². The van der Waals surface area contributed by atoms with E-state index in [4.69, 9.17) is 11.5 Å². The number of allylic oxidation sites excluding steroid dienone is 1. The first-order valence-electron chi connectivity index (χ1n) is 8.40. The summed E-state index contributed by atoms with van der Waals surface area (Å²) in [6.07, 6.45) is 3.29.